The zero-order chi connectivity index (χ0) is 85.2. The van der Waals surface area contributed by atoms with Crippen LogP contribution in [0.2, 0.25) is 0 Å². The number of para-hydroxylation sites is 5. The second-order valence-electron chi connectivity index (χ2n) is 33.6. The molecule has 23 rings (SSSR count). The second-order valence-corrected chi connectivity index (χ2v) is 36.3. The van der Waals surface area contributed by atoms with Crippen molar-refractivity contribution < 1.29 is 4.42 Å². The SMILES string of the molecule is Brc1ccc(-c2ccc3c(c2)c2cc(-c4ccc(N(c5ccccc5)c5ccccc5)cc4)ccc2n3-c2ccccc2)cc1.Brc1ccc(N(c2ccccc2)c2ccc(-c3ccc4c(c3)oc3ccccc34)cc2)cc1.CC1(C)c2cc(Br)ccc2-c2ccc(-c3ccc(N(c4ccc5c(c4)C(C)(C)c4ccccc4-5)c4cccc5ccccc45)cc3)cc21. The summed E-state index contributed by atoms with van der Waals surface area (Å²) in [6.45, 7) is 9.40. The van der Waals surface area contributed by atoms with E-state index in [9.17, 15) is 0 Å². The van der Waals surface area contributed by atoms with Gasteiger partial charge in [0.05, 0.1) is 16.7 Å². The topological polar surface area (TPSA) is 27.8 Å². The predicted octanol–water partition coefficient (Wildman–Crippen LogP) is 35.2. The van der Waals surface area contributed by atoms with Crippen molar-refractivity contribution in [1.29, 1.82) is 0 Å². The number of nitrogens with zero attached hydrogens (tertiary/aromatic N) is 4. The smallest absolute Gasteiger partial charge is 0.136 e. The standard InChI is InChI=1S/C46H36BrN.C42H29BrN2.C30H20BrNO/c1-45(2)40-14-8-7-13-36(40)39-25-22-34(28-43(39)45)48(44-15-9-11-30-10-5-6-12-35(30)44)33-20-16-29(17-21-33)31-18-23-37-38-24-19-32(47)27-42(38)46(3,4)41(37)26-31;43-34-22-16-30(17-23-34)32-20-26-41-39(28-32)40-29-33(21-27-42(40)45(41)37-14-8-3-9-15-37)31-18-24-38(25-19-31)44(35-10-4-1-5-11-35)36-12-6-2-7-13-36;31-23-13-17-26(18-14-23)32(24-6-2-1-3-7-24)25-15-10-21(11-16-25)22-12-19-28-27-8-4-5-9-29(27)33-30(28)20-22/h5-28H,1-4H3;1-29H;1-20H. The molecule has 0 spiro atoms. The van der Waals surface area contributed by atoms with Gasteiger partial charge in [0.25, 0.3) is 0 Å². The minimum atomic E-state index is -0.0761. The van der Waals surface area contributed by atoms with Crippen LogP contribution in [0.1, 0.15) is 49.9 Å². The fraction of sp³-hybridized carbons (Fsp3) is 0.0508. The van der Waals surface area contributed by atoms with Crippen LogP contribution in [0.4, 0.5) is 51.2 Å². The molecule has 5 nitrogen and oxygen atoms in total. The highest BCUT2D eigenvalue weighted by Crippen LogP contribution is 2.54. The summed E-state index contributed by atoms with van der Waals surface area (Å²) in [7, 11) is 0. The van der Waals surface area contributed by atoms with Gasteiger partial charge in [-0.3, -0.25) is 0 Å². The van der Waals surface area contributed by atoms with Gasteiger partial charge in [-0.05, 0) is 295 Å². The molecule has 0 atom stereocenters. The van der Waals surface area contributed by atoms with Crippen LogP contribution in [0.15, 0.2) is 461 Å². The predicted molar refractivity (Wildman–Crippen MR) is 542 cm³/mol. The Kier molecular flexibility index (Phi) is 20.8. The molecule has 2 aliphatic rings. The van der Waals surface area contributed by atoms with E-state index < -0.39 is 0 Å². The van der Waals surface area contributed by atoms with Crippen LogP contribution in [0.3, 0.4) is 0 Å². The van der Waals surface area contributed by atoms with Gasteiger partial charge in [0.1, 0.15) is 11.2 Å². The molecule has 0 amide bonds. The van der Waals surface area contributed by atoms with Crippen molar-refractivity contribution in [3.8, 4) is 72.4 Å². The molecular formula is C118H85Br3N4O. The highest BCUT2D eigenvalue weighted by molar-refractivity contribution is 9.11. The Morgan fingerprint density at radius 1 is 0.222 bits per heavy atom. The third kappa shape index (κ3) is 14.8. The summed E-state index contributed by atoms with van der Waals surface area (Å²) < 4.78 is 11.7. The molecule has 2 aliphatic carbocycles. The van der Waals surface area contributed by atoms with Crippen LogP contribution < -0.4 is 14.7 Å². The summed E-state index contributed by atoms with van der Waals surface area (Å²) in [6.07, 6.45) is 0. The van der Waals surface area contributed by atoms with Crippen molar-refractivity contribution in [3.63, 3.8) is 0 Å². The molecule has 21 aromatic rings. The summed E-state index contributed by atoms with van der Waals surface area (Å²) in [5, 5.41) is 7.26. The summed E-state index contributed by atoms with van der Waals surface area (Å²) in [5.74, 6) is 0. The van der Waals surface area contributed by atoms with E-state index in [0.29, 0.717) is 0 Å². The first-order chi connectivity index (χ1) is 61.7. The van der Waals surface area contributed by atoms with Crippen molar-refractivity contribution >= 4 is 153 Å². The van der Waals surface area contributed by atoms with E-state index >= 15 is 0 Å². The van der Waals surface area contributed by atoms with Crippen LogP contribution in [0.25, 0.3) is 127 Å². The summed E-state index contributed by atoms with van der Waals surface area (Å²) in [4.78, 5) is 6.99. The highest BCUT2D eigenvalue weighted by Gasteiger charge is 2.38. The number of aromatic nitrogens is 1. The lowest BCUT2D eigenvalue weighted by Crippen LogP contribution is -2.16. The fourth-order valence-corrected chi connectivity index (χ4v) is 19.9. The molecule has 2 aromatic heterocycles. The largest absolute Gasteiger partial charge is 0.456 e. The molecule has 2 heterocycles. The van der Waals surface area contributed by atoms with Crippen LogP contribution in [-0.4, -0.2) is 4.57 Å². The highest BCUT2D eigenvalue weighted by atomic mass is 79.9. The number of hydrogen-bond acceptors (Lipinski definition) is 4. The number of halogens is 3. The Hall–Kier alpha value is -14.1. The van der Waals surface area contributed by atoms with Gasteiger partial charge < -0.3 is 23.7 Å². The third-order valence-electron chi connectivity index (χ3n) is 25.3. The Balaban J connectivity index is 0.000000117. The molecule has 0 radical (unpaired) electrons. The summed E-state index contributed by atoms with van der Waals surface area (Å²) >= 11 is 10.8. The molecule has 19 aromatic carbocycles. The molecule has 0 saturated carbocycles. The van der Waals surface area contributed by atoms with E-state index in [-0.39, 0.29) is 10.8 Å². The molecule has 0 aliphatic heterocycles. The second kappa shape index (κ2) is 33.2. The van der Waals surface area contributed by atoms with Crippen molar-refractivity contribution in [2.75, 3.05) is 14.7 Å². The maximum atomic E-state index is 6.09. The monoisotopic (exact) mass is 1810 g/mol. The molecule has 0 bridgehead atoms. The minimum absolute atomic E-state index is 0.0590. The average molecular weight is 1810 g/mol. The maximum absolute atomic E-state index is 6.09. The lowest BCUT2D eigenvalue weighted by Gasteiger charge is -2.29. The van der Waals surface area contributed by atoms with Gasteiger partial charge in [0, 0.05) is 102 Å². The van der Waals surface area contributed by atoms with Crippen molar-refractivity contribution in [2.24, 2.45) is 0 Å². The Bertz CT molecular complexity index is 7590. The van der Waals surface area contributed by atoms with Crippen LogP contribution in [0, 0.1) is 0 Å². The van der Waals surface area contributed by atoms with Crippen molar-refractivity contribution in [2.45, 2.75) is 38.5 Å². The molecule has 126 heavy (non-hydrogen) atoms. The number of rotatable bonds is 14. The molecule has 0 unspecified atom stereocenters. The van der Waals surface area contributed by atoms with Gasteiger partial charge >= 0.3 is 0 Å². The van der Waals surface area contributed by atoms with Gasteiger partial charge in [-0.25, -0.2) is 0 Å². The van der Waals surface area contributed by atoms with Gasteiger partial charge in [-0.15, -0.1) is 0 Å². The van der Waals surface area contributed by atoms with Gasteiger partial charge in [0.15, 0.2) is 0 Å². The lowest BCUT2D eigenvalue weighted by atomic mass is 9.81. The Labute approximate surface area is 760 Å². The first-order valence-corrected chi connectivity index (χ1v) is 45.2. The van der Waals surface area contributed by atoms with E-state index in [1.165, 1.54) is 122 Å². The summed E-state index contributed by atoms with van der Waals surface area (Å²) in [6, 6.07) is 159. The number of fused-ring (bicyclic) bond motifs is 13. The Morgan fingerprint density at radius 2 is 0.579 bits per heavy atom. The number of anilines is 9. The average Bonchev–Trinajstić information content (AvgIpc) is 1.54. The third-order valence-corrected chi connectivity index (χ3v) is 26.9. The number of benzene rings is 19. The first-order valence-electron chi connectivity index (χ1n) is 42.8. The van der Waals surface area contributed by atoms with Gasteiger partial charge in [-0.1, -0.05) is 318 Å². The molecule has 0 N–H and O–H groups in total. The van der Waals surface area contributed by atoms with E-state index in [1.807, 2.05) is 24.3 Å². The lowest BCUT2D eigenvalue weighted by molar-refractivity contribution is 0.660. The van der Waals surface area contributed by atoms with Crippen LogP contribution in [-0.2, 0) is 10.8 Å². The summed E-state index contributed by atoms with van der Waals surface area (Å²) in [5.41, 5.74) is 35.9. The molecule has 8 heteroatoms. The van der Waals surface area contributed by atoms with Crippen LogP contribution in [0.5, 0.6) is 0 Å². The number of furan rings is 1. The fourth-order valence-electron chi connectivity index (χ4n) is 19.0. The van der Waals surface area contributed by atoms with E-state index in [0.717, 1.165) is 92.0 Å². The molecule has 0 saturated heterocycles. The zero-order valence-electron chi connectivity index (χ0n) is 70.0. The number of hydrogen-bond donors (Lipinski definition) is 0. The zero-order valence-corrected chi connectivity index (χ0v) is 74.7. The Morgan fingerprint density at radius 3 is 1.15 bits per heavy atom. The van der Waals surface area contributed by atoms with E-state index in [1.54, 1.807) is 0 Å². The van der Waals surface area contributed by atoms with Crippen molar-refractivity contribution in [1.82, 2.24) is 4.57 Å². The molecule has 0 fully saturated rings. The van der Waals surface area contributed by atoms with Crippen molar-refractivity contribution in [3.05, 3.63) is 479 Å². The molecule has 604 valence electrons. The van der Waals surface area contributed by atoms with E-state index in [2.05, 4.69) is 513 Å². The van der Waals surface area contributed by atoms with E-state index in [4.69, 9.17) is 4.42 Å². The quantitative estimate of drug-likeness (QED) is 0.108. The maximum Gasteiger partial charge on any atom is 0.136 e. The van der Waals surface area contributed by atoms with Gasteiger partial charge in [0.2, 0.25) is 0 Å². The first kappa shape index (κ1) is 79.1. The minimum Gasteiger partial charge on any atom is -0.456 e. The van der Waals surface area contributed by atoms with Crippen LogP contribution >= 0.6 is 47.8 Å². The molecular weight excluding hydrogens is 1730 g/mol. The van der Waals surface area contributed by atoms with Gasteiger partial charge in [-0.2, -0.15) is 0 Å². The normalized spacial score (nSPS) is 12.5.